The van der Waals surface area contributed by atoms with Crippen molar-refractivity contribution in [2.75, 3.05) is 12.5 Å². The van der Waals surface area contributed by atoms with Crippen molar-refractivity contribution < 1.29 is 14.3 Å². The molecule has 1 aromatic heterocycles. The lowest BCUT2D eigenvalue weighted by atomic mass is 9.81. The summed E-state index contributed by atoms with van der Waals surface area (Å²) in [5.41, 5.74) is 3.56. The lowest BCUT2D eigenvalue weighted by molar-refractivity contribution is 0.0519. The predicted molar refractivity (Wildman–Crippen MR) is 91.2 cm³/mol. The highest BCUT2D eigenvalue weighted by Gasteiger charge is 2.32. The summed E-state index contributed by atoms with van der Waals surface area (Å²) in [5.74, 6) is 0.0989. The average Bonchev–Trinajstić information content (AvgIpc) is 2.86. The van der Waals surface area contributed by atoms with Gasteiger partial charge in [-0.05, 0) is 38.7 Å². The molecule has 0 radical (unpaired) electrons. The van der Waals surface area contributed by atoms with Crippen LogP contribution in [0.15, 0.2) is 23.8 Å². The molecule has 5 heteroatoms. The quantitative estimate of drug-likeness (QED) is 0.503. The lowest BCUT2D eigenvalue weighted by Crippen LogP contribution is -2.22. The van der Waals surface area contributed by atoms with Crippen molar-refractivity contribution in [2.45, 2.75) is 33.6 Å². The Morgan fingerprint density at radius 2 is 2.17 bits per heavy atom. The van der Waals surface area contributed by atoms with Gasteiger partial charge in [-0.1, -0.05) is 23.8 Å². The number of aromatic amines is 1. The van der Waals surface area contributed by atoms with Crippen LogP contribution in [-0.2, 0) is 11.2 Å². The third-order valence-corrected chi connectivity index (χ3v) is 4.46. The fourth-order valence-electron chi connectivity index (χ4n) is 3.01. The van der Waals surface area contributed by atoms with Crippen molar-refractivity contribution in [1.82, 2.24) is 4.98 Å². The number of halogens is 1. The summed E-state index contributed by atoms with van der Waals surface area (Å²) in [7, 11) is 0. The minimum atomic E-state index is -0.411. The van der Waals surface area contributed by atoms with Crippen molar-refractivity contribution in [3.05, 3.63) is 46.3 Å². The number of carbonyl (C=O) groups is 2. The number of carbonyl (C=O) groups excluding carboxylic acids is 2. The molecule has 0 amide bonds. The van der Waals surface area contributed by atoms with Crippen LogP contribution in [0.2, 0.25) is 0 Å². The molecule has 0 fully saturated rings. The maximum Gasteiger partial charge on any atom is 0.355 e. The van der Waals surface area contributed by atoms with Crippen molar-refractivity contribution >= 4 is 23.4 Å². The van der Waals surface area contributed by atoms with Crippen molar-refractivity contribution in [3.63, 3.8) is 0 Å². The molecule has 0 aliphatic heterocycles. The van der Waals surface area contributed by atoms with Crippen LogP contribution in [0.4, 0.5) is 0 Å². The molecule has 1 aliphatic carbocycles. The van der Waals surface area contributed by atoms with Gasteiger partial charge in [-0.25, -0.2) is 4.79 Å². The molecule has 1 heterocycles. The highest BCUT2D eigenvalue weighted by Crippen LogP contribution is 2.33. The van der Waals surface area contributed by atoms with E-state index in [1.54, 1.807) is 13.8 Å². The highest BCUT2D eigenvalue weighted by atomic mass is 35.5. The Labute approximate surface area is 141 Å². The number of Topliss-reactive ketones (excluding diaryl/α,β-unsaturated/α-hetero) is 1. The largest absolute Gasteiger partial charge is 0.461 e. The van der Waals surface area contributed by atoms with E-state index in [1.165, 1.54) is 0 Å². The lowest BCUT2D eigenvalue weighted by Gasteiger charge is -2.23. The van der Waals surface area contributed by atoms with Gasteiger partial charge in [-0.2, -0.15) is 0 Å². The Kier molecular flexibility index (Phi) is 5.83. The molecular weight excluding hydrogens is 314 g/mol. The Balaban J connectivity index is 2.35. The molecule has 124 valence electrons. The first kappa shape index (κ1) is 17.5. The normalized spacial score (nSPS) is 18.3. The summed E-state index contributed by atoms with van der Waals surface area (Å²) in [4.78, 5) is 27.6. The Bertz CT molecular complexity index is 670. The van der Waals surface area contributed by atoms with Crippen LogP contribution in [0.3, 0.4) is 0 Å². The summed E-state index contributed by atoms with van der Waals surface area (Å²) >= 11 is 6.04. The molecule has 2 rings (SSSR count). The number of alkyl halides is 1. The zero-order chi connectivity index (χ0) is 17.0. The minimum absolute atomic E-state index is 0.0528. The van der Waals surface area contributed by atoms with Crippen LogP contribution in [0.25, 0.3) is 0 Å². The van der Waals surface area contributed by atoms with Crippen molar-refractivity contribution in [2.24, 2.45) is 5.92 Å². The molecule has 1 aromatic rings. The minimum Gasteiger partial charge on any atom is -0.461 e. The first-order valence-corrected chi connectivity index (χ1v) is 8.36. The molecule has 1 unspecified atom stereocenters. The number of rotatable bonds is 5. The maximum absolute atomic E-state index is 12.5. The van der Waals surface area contributed by atoms with Crippen LogP contribution in [0.5, 0.6) is 0 Å². The Morgan fingerprint density at radius 3 is 2.78 bits per heavy atom. The summed E-state index contributed by atoms with van der Waals surface area (Å²) in [6, 6.07) is 0. The van der Waals surface area contributed by atoms with E-state index >= 15 is 0 Å². The Morgan fingerprint density at radius 1 is 1.43 bits per heavy atom. The first-order chi connectivity index (χ1) is 11.0. The van der Waals surface area contributed by atoms with Gasteiger partial charge >= 0.3 is 5.97 Å². The van der Waals surface area contributed by atoms with E-state index in [2.05, 4.69) is 4.98 Å². The molecule has 0 saturated heterocycles. The molecule has 0 saturated carbocycles. The highest BCUT2D eigenvalue weighted by molar-refractivity contribution is 6.19. The summed E-state index contributed by atoms with van der Waals surface area (Å²) in [6.45, 7) is 5.79. The molecule has 1 aliphatic rings. The van der Waals surface area contributed by atoms with Gasteiger partial charge in [0.1, 0.15) is 5.69 Å². The van der Waals surface area contributed by atoms with Gasteiger partial charge in [0, 0.05) is 23.6 Å². The number of fused-ring (bicyclic) bond motifs is 1. The van der Waals surface area contributed by atoms with E-state index in [1.807, 2.05) is 25.2 Å². The van der Waals surface area contributed by atoms with Gasteiger partial charge in [-0.15, -0.1) is 11.6 Å². The number of esters is 1. The smallest absolute Gasteiger partial charge is 0.355 e. The van der Waals surface area contributed by atoms with Crippen LogP contribution in [0.1, 0.15) is 52.4 Å². The number of nitrogens with one attached hydrogen (secondary N) is 1. The second-order valence-corrected chi connectivity index (χ2v) is 5.90. The molecule has 1 N–H and O–H groups in total. The van der Waals surface area contributed by atoms with E-state index < -0.39 is 5.97 Å². The molecular formula is C18H22ClNO3. The average molecular weight is 336 g/mol. The van der Waals surface area contributed by atoms with Gasteiger partial charge < -0.3 is 9.72 Å². The van der Waals surface area contributed by atoms with Crippen molar-refractivity contribution in [3.8, 4) is 0 Å². The number of ketones is 1. The van der Waals surface area contributed by atoms with E-state index in [0.717, 1.165) is 11.3 Å². The monoisotopic (exact) mass is 335 g/mol. The van der Waals surface area contributed by atoms with Gasteiger partial charge in [-0.3, -0.25) is 4.79 Å². The van der Waals surface area contributed by atoms with Crippen LogP contribution in [-0.4, -0.2) is 29.2 Å². The van der Waals surface area contributed by atoms with E-state index in [4.69, 9.17) is 16.3 Å². The number of ether oxygens (including phenoxy) is 1. The van der Waals surface area contributed by atoms with E-state index in [9.17, 15) is 9.59 Å². The number of hydrogen-bond donors (Lipinski definition) is 1. The standard InChI is InChI=1S/C18H22ClNO3/c1-4-6-7-12(10-19)13-8-14-16(15(21)9-13)11(3)17(20-14)18(22)23-5-2/h4,6-7,13,20H,5,8-10H2,1-3H3. The summed E-state index contributed by atoms with van der Waals surface area (Å²) in [6.07, 6.45) is 6.93. The topological polar surface area (TPSA) is 59.2 Å². The maximum atomic E-state index is 12.5. The Hall–Kier alpha value is -1.81. The van der Waals surface area contributed by atoms with Crippen LogP contribution in [0, 0.1) is 12.8 Å². The third-order valence-electron chi connectivity index (χ3n) is 4.15. The second kappa shape index (κ2) is 7.64. The second-order valence-electron chi connectivity index (χ2n) is 5.63. The fraction of sp³-hybridized carbons (Fsp3) is 0.444. The molecule has 0 spiro atoms. The zero-order valence-corrected chi connectivity index (χ0v) is 14.5. The summed E-state index contributed by atoms with van der Waals surface area (Å²) < 4.78 is 5.05. The van der Waals surface area contributed by atoms with E-state index in [-0.39, 0.29) is 11.7 Å². The zero-order valence-electron chi connectivity index (χ0n) is 13.7. The molecule has 4 nitrogen and oxygen atoms in total. The van der Waals surface area contributed by atoms with Crippen LogP contribution >= 0.6 is 11.6 Å². The molecule has 0 aromatic carbocycles. The molecule has 1 atom stereocenters. The van der Waals surface area contributed by atoms with Gasteiger partial charge in [0.25, 0.3) is 0 Å². The first-order valence-electron chi connectivity index (χ1n) is 7.82. The van der Waals surface area contributed by atoms with Crippen LogP contribution < -0.4 is 0 Å². The fourth-order valence-corrected chi connectivity index (χ4v) is 3.32. The number of H-pyrrole nitrogens is 1. The molecule has 0 bridgehead atoms. The summed E-state index contributed by atoms with van der Waals surface area (Å²) in [5, 5.41) is 0. The van der Waals surface area contributed by atoms with E-state index in [0.29, 0.717) is 42.1 Å². The molecule has 23 heavy (non-hydrogen) atoms. The van der Waals surface area contributed by atoms with Gasteiger partial charge in [0.05, 0.1) is 6.61 Å². The number of allylic oxidation sites excluding steroid dienone is 4. The number of aromatic nitrogens is 1. The predicted octanol–water partition coefficient (Wildman–Crippen LogP) is 3.99. The SMILES string of the molecule is CC=CC=C(CCl)C1CC(=O)c2c([nH]c(C(=O)OCC)c2C)C1. The third kappa shape index (κ3) is 3.58. The number of hydrogen-bond acceptors (Lipinski definition) is 3. The van der Waals surface area contributed by atoms with Crippen molar-refractivity contribution in [1.29, 1.82) is 0 Å². The van der Waals surface area contributed by atoms with Gasteiger partial charge in [0.15, 0.2) is 5.78 Å². The van der Waals surface area contributed by atoms with Gasteiger partial charge in [0.2, 0.25) is 0 Å².